The van der Waals surface area contributed by atoms with Gasteiger partial charge in [0, 0.05) is 21.9 Å². The molecule has 4 aromatic rings. The molecular formula is C29H24ClNO2S2. The summed E-state index contributed by atoms with van der Waals surface area (Å²) in [4.78, 5) is 16.4. The number of thioether (sulfide) groups is 2. The number of aromatic carboxylic acids is 1. The first-order valence-corrected chi connectivity index (χ1v) is 13.8. The fourth-order valence-corrected chi connectivity index (χ4v) is 7.82. The zero-order chi connectivity index (χ0) is 24.3. The molecule has 3 aromatic carbocycles. The van der Waals surface area contributed by atoms with Gasteiger partial charge in [-0.1, -0.05) is 66.2 Å². The fraction of sp³-hybridized carbons (Fsp3) is 0.172. The van der Waals surface area contributed by atoms with Crippen LogP contribution in [-0.4, -0.2) is 27.6 Å². The summed E-state index contributed by atoms with van der Waals surface area (Å²) >= 11 is 10.1. The molecule has 176 valence electrons. The molecular weight excluding hydrogens is 494 g/mol. The number of benzene rings is 3. The summed E-state index contributed by atoms with van der Waals surface area (Å²) in [5, 5.41) is 11.3. The van der Waals surface area contributed by atoms with E-state index in [1.165, 1.54) is 5.56 Å². The average molecular weight is 518 g/mol. The van der Waals surface area contributed by atoms with E-state index in [9.17, 15) is 9.90 Å². The zero-order valence-electron chi connectivity index (χ0n) is 19.0. The molecule has 1 N–H and O–H groups in total. The van der Waals surface area contributed by atoms with Crippen molar-refractivity contribution in [3.05, 3.63) is 112 Å². The molecule has 1 fully saturated rings. The van der Waals surface area contributed by atoms with Gasteiger partial charge in [0.2, 0.25) is 0 Å². The van der Waals surface area contributed by atoms with Crippen LogP contribution in [0.2, 0.25) is 5.02 Å². The molecule has 0 bridgehead atoms. The second kappa shape index (κ2) is 10.5. The molecule has 5 rings (SSSR count). The van der Waals surface area contributed by atoms with Crippen molar-refractivity contribution in [1.82, 2.24) is 4.98 Å². The van der Waals surface area contributed by atoms with Crippen molar-refractivity contribution in [3.63, 3.8) is 0 Å². The van der Waals surface area contributed by atoms with E-state index in [0.717, 1.165) is 52.1 Å². The molecule has 6 heteroatoms. The first kappa shape index (κ1) is 24.0. The smallest absolute Gasteiger partial charge is 0.335 e. The highest BCUT2D eigenvalue weighted by Gasteiger charge is 2.37. The predicted molar refractivity (Wildman–Crippen MR) is 150 cm³/mol. The number of carbonyl (C=O) groups is 1. The summed E-state index contributed by atoms with van der Waals surface area (Å²) in [5.41, 5.74) is 5.46. The molecule has 1 saturated heterocycles. The lowest BCUT2D eigenvalue weighted by Crippen LogP contribution is -2.17. The van der Waals surface area contributed by atoms with Gasteiger partial charge in [0.1, 0.15) is 0 Å². The van der Waals surface area contributed by atoms with Crippen LogP contribution >= 0.6 is 35.1 Å². The van der Waals surface area contributed by atoms with E-state index in [1.54, 1.807) is 12.1 Å². The third-order valence-corrected chi connectivity index (χ3v) is 10.0. The standard InChI is InChI=1S/C29H24ClNO2S2/c30-24-11-9-22-10-13-25(31-27(22)19-24)12-8-20-4-3-6-23(18-20)29(34-16-17-35-29)15-14-21-5-1-2-7-26(21)28(32)33/h1-13,18-19H,14-17H2,(H,32,33)/b12-8+. The lowest BCUT2D eigenvalue weighted by Gasteiger charge is -2.28. The number of fused-ring (bicyclic) bond motifs is 1. The largest absolute Gasteiger partial charge is 0.478 e. The first-order chi connectivity index (χ1) is 17.0. The molecule has 1 aromatic heterocycles. The molecule has 1 aliphatic heterocycles. The number of hydrogen-bond donors (Lipinski definition) is 1. The van der Waals surface area contributed by atoms with Crippen molar-refractivity contribution in [2.45, 2.75) is 16.9 Å². The Bertz CT molecular complexity index is 1410. The van der Waals surface area contributed by atoms with Crippen LogP contribution in [0.5, 0.6) is 0 Å². The van der Waals surface area contributed by atoms with Crippen molar-refractivity contribution in [2.24, 2.45) is 0 Å². The van der Waals surface area contributed by atoms with Crippen molar-refractivity contribution < 1.29 is 9.90 Å². The van der Waals surface area contributed by atoms with Gasteiger partial charge in [-0.2, -0.15) is 0 Å². The van der Waals surface area contributed by atoms with Crippen molar-refractivity contribution in [3.8, 4) is 0 Å². The molecule has 0 saturated carbocycles. The van der Waals surface area contributed by atoms with E-state index >= 15 is 0 Å². The van der Waals surface area contributed by atoms with E-state index in [4.69, 9.17) is 16.6 Å². The Morgan fingerprint density at radius 3 is 2.60 bits per heavy atom. The van der Waals surface area contributed by atoms with Crippen LogP contribution in [0, 0.1) is 0 Å². The lowest BCUT2D eigenvalue weighted by atomic mass is 9.98. The minimum absolute atomic E-state index is 0.0760. The van der Waals surface area contributed by atoms with Gasteiger partial charge in [0.25, 0.3) is 0 Å². The van der Waals surface area contributed by atoms with Gasteiger partial charge in [0.15, 0.2) is 0 Å². The van der Waals surface area contributed by atoms with Gasteiger partial charge in [-0.3, -0.25) is 0 Å². The lowest BCUT2D eigenvalue weighted by molar-refractivity contribution is 0.0695. The Morgan fingerprint density at radius 2 is 1.77 bits per heavy atom. The number of hydrogen-bond acceptors (Lipinski definition) is 4. The Hall–Kier alpha value is -2.73. The maximum Gasteiger partial charge on any atom is 0.335 e. The quantitative estimate of drug-likeness (QED) is 0.269. The summed E-state index contributed by atoms with van der Waals surface area (Å²) in [6.07, 6.45) is 5.74. The maximum atomic E-state index is 11.7. The van der Waals surface area contributed by atoms with Gasteiger partial charge >= 0.3 is 5.97 Å². The number of carboxylic acids is 1. The van der Waals surface area contributed by atoms with Gasteiger partial charge in [-0.25, -0.2) is 9.78 Å². The normalized spacial score (nSPS) is 15.1. The Labute approximate surface area is 218 Å². The third kappa shape index (κ3) is 5.43. The summed E-state index contributed by atoms with van der Waals surface area (Å²) in [6.45, 7) is 0. The maximum absolute atomic E-state index is 11.7. The van der Waals surface area contributed by atoms with Gasteiger partial charge < -0.3 is 5.11 Å². The van der Waals surface area contributed by atoms with Gasteiger partial charge in [-0.15, -0.1) is 23.5 Å². The van der Waals surface area contributed by atoms with Crippen molar-refractivity contribution in [2.75, 3.05) is 11.5 Å². The molecule has 3 nitrogen and oxygen atoms in total. The Kier molecular flexibility index (Phi) is 7.19. The average Bonchev–Trinajstić information content (AvgIpc) is 3.36. The van der Waals surface area contributed by atoms with Gasteiger partial charge in [-0.05, 0) is 65.9 Å². The van der Waals surface area contributed by atoms with E-state index in [-0.39, 0.29) is 4.08 Å². The third-order valence-electron chi connectivity index (χ3n) is 6.17. The number of aryl methyl sites for hydroxylation is 1. The molecule has 1 aliphatic rings. The monoisotopic (exact) mass is 517 g/mol. The zero-order valence-corrected chi connectivity index (χ0v) is 21.4. The number of rotatable bonds is 7. The second-order valence-corrected chi connectivity index (χ2v) is 11.9. The number of carboxylic acid groups (broad SMARTS) is 1. The van der Waals surface area contributed by atoms with Crippen LogP contribution in [-0.2, 0) is 10.5 Å². The van der Waals surface area contributed by atoms with Crippen LogP contribution in [0.25, 0.3) is 23.1 Å². The molecule has 0 radical (unpaired) electrons. The summed E-state index contributed by atoms with van der Waals surface area (Å²) in [7, 11) is 0. The summed E-state index contributed by atoms with van der Waals surface area (Å²) in [6, 6.07) is 25.8. The molecule has 2 heterocycles. The highest BCUT2D eigenvalue weighted by atomic mass is 35.5. The van der Waals surface area contributed by atoms with E-state index in [0.29, 0.717) is 10.6 Å². The summed E-state index contributed by atoms with van der Waals surface area (Å²) < 4.78 is -0.0760. The number of halogens is 1. The highest BCUT2D eigenvalue weighted by Crippen LogP contribution is 2.55. The van der Waals surface area contributed by atoms with E-state index in [1.807, 2.05) is 66.0 Å². The van der Waals surface area contributed by atoms with Crippen LogP contribution in [0.3, 0.4) is 0 Å². The molecule has 0 amide bonds. The van der Waals surface area contributed by atoms with Crippen LogP contribution in [0.15, 0.2) is 78.9 Å². The minimum atomic E-state index is -0.863. The first-order valence-electron chi connectivity index (χ1n) is 11.5. The summed E-state index contributed by atoms with van der Waals surface area (Å²) in [5.74, 6) is 1.32. The van der Waals surface area contributed by atoms with Crippen LogP contribution in [0.4, 0.5) is 0 Å². The van der Waals surface area contributed by atoms with Gasteiger partial charge in [0.05, 0.1) is 20.9 Å². The van der Waals surface area contributed by atoms with Crippen LogP contribution in [0.1, 0.15) is 39.2 Å². The van der Waals surface area contributed by atoms with Crippen LogP contribution < -0.4 is 0 Å². The Balaban J connectivity index is 1.39. The second-order valence-electron chi connectivity index (χ2n) is 8.44. The fourth-order valence-electron chi connectivity index (χ4n) is 4.42. The van der Waals surface area contributed by atoms with Crippen molar-refractivity contribution in [1.29, 1.82) is 0 Å². The van der Waals surface area contributed by atoms with E-state index in [2.05, 4.69) is 36.4 Å². The SMILES string of the molecule is O=C(O)c1ccccc1CCC1(c2cccc(/C=C/c3ccc4ccc(Cl)cc4n3)c2)SCCS1. The van der Waals surface area contributed by atoms with Crippen molar-refractivity contribution >= 4 is 64.1 Å². The highest BCUT2D eigenvalue weighted by molar-refractivity contribution is 8.20. The topological polar surface area (TPSA) is 50.2 Å². The Morgan fingerprint density at radius 1 is 0.971 bits per heavy atom. The minimum Gasteiger partial charge on any atom is -0.478 e. The predicted octanol–water partition coefficient (Wildman–Crippen LogP) is 8.02. The molecule has 0 atom stereocenters. The van der Waals surface area contributed by atoms with E-state index < -0.39 is 5.97 Å². The number of aromatic nitrogens is 1. The molecule has 35 heavy (non-hydrogen) atoms. The molecule has 0 spiro atoms. The molecule has 0 aliphatic carbocycles. The molecule has 0 unspecified atom stereocenters. The number of pyridine rings is 1. The number of nitrogens with zero attached hydrogens (tertiary/aromatic N) is 1.